The number of Topliss-reactive ketones (excluding diaryl/α,β-unsaturated/α-hetero) is 1. The number of methoxy groups -OCH3 is 1. The summed E-state index contributed by atoms with van der Waals surface area (Å²) < 4.78 is 10.8. The zero-order valence-corrected chi connectivity index (χ0v) is 19.6. The SMILES string of the molecule is COc1ccc2cc([C@H](C)C(=O)OCCC(C)(C)C3=C(C)C(=O)C(C)=CC3=O)ccc2c1. The third kappa shape index (κ3) is 4.67. The summed E-state index contributed by atoms with van der Waals surface area (Å²) in [6.07, 6.45) is 1.84. The van der Waals surface area contributed by atoms with E-state index in [-0.39, 0.29) is 24.1 Å². The predicted octanol–water partition coefficient (Wildman–Crippen LogP) is 5.33. The van der Waals surface area contributed by atoms with Gasteiger partial charge in [-0.25, -0.2) is 0 Å². The molecule has 5 heteroatoms. The molecule has 0 aliphatic heterocycles. The Morgan fingerprint density at radius 3 is 2.38 bits per heavy atom. The summed E-state index contributed by atoms with van der Waals surface area (Å²) in [6, 6.07) is 11.7. The molecule has 0 N–H and O–H groups in total. The van der Waals surface area contributed by atoms with Crippen LogP contribution >= 0.6 is 0 Å². The number of ketones is 2. The fourth-order valence-corrected chi connectivity index (χ4v) is 4.20. The Balaban J connectivity index is 1.66. The van der Waals surface area contributed by atoms with Gasteiger partial charge in [0.1, 0.15) is 5.75 Å². The average Bonchev–Trinajstić information content (AvgIpc) is 2.75. The number of rotatable bonds is 7. The lowest BCUT2D eigenvalue weighted by Crippen LogP contribution is -2.29. The van der Waals surface area contributed by atoms with Crippen LogP contribution in [0.1, 0.15) is 52.5 Å². The Morgan fingerprint density at radius 1 is 1.03 bits per heavy atom. The van der Waals surface area contributed by atoms with Gasteiger partial charge in [-0.2, -0.15) is 0 Å². The molecule has 1 aliphatic rings. The van der Waals surface area contributed by atoms with E-state index in [4.69, 9.17) is 9.47 Å². The van der Waals surface area contributed by atoms with Gasteiger partial charge < -0.3 is 9.47 Å². The monoisotopic (exact) mass is 434 g/mol. The van der Waals surface area contributed by atoms with E-state index in [9.17, 15) is 14.4 Å². The second kappa shape index (κ2) is 9.11. The molecule has 0 aromatic heterocycles. The third-order valence-electron chi connectivity index (χ3n) is 6.24. The number of fused-ring (bicyclic) bond motifs is 1. The van der Waals surface area contributed by atoms with Crippen LogP contribution in [0.4, 0.5) is 0 Å². The molecule has 3 rings (SSSR count). The summed E-state index contributed by atoms with van der Waals surface area (Å²) in [7, 11) is 1.63. The molecule has 0 radical (unpaired) electrons. The number of benzene rings is 2. The molecule has 0 spiro atoms. The molecule has 0 saturated heterocycles. The smallest absolute Gasteiger partial charge is 0.313 e. The Kier molecular flexibility index (Phi) is 6.68. The van der Waals surface area contributed by atoms with Crippen molar-refractivity contribution < 1.29 is 23.9 Å². The van der Waals surface area contributed by atoms with Gasteiger partial charge in [0.25, 0.3) is 0 Å². The Labute approximate surface area is 189 Å². The van der Waals surface area contributed by atoms with E-state index in [0.29, 0.717) is 23.1 Å². The molecular weight excluding hydrogens is 404 g/mol. The van der Waals surface area contributed by atoms with E-state index in [1.54, 1.807) is 21.0 Å². The van der Waals surface area contributed by atoms with E-state index in [2.05, 4.69) is 0 Å². The standard InChI is InChI=1S/C27H30O5/c1-16-13-23(28)24(18(3)25(16)29)27(4,5)11-12-32-26(30)17(2)19-7-8-21-15-22(31-6)10-9-20(21)14-19/h7-10,13-15,17H,11-12H2,1-6H3/t17-/m0/s1. The highest BCUT2D eigenvalue weighted by Gasteiger charge is 2.34. The Morgan fingerprint density at radius 2 is 1.69 bits per heavy atom. The molecule has 2 aromatic carbocycles. The lowest BCUT2D eigenvalue weighted by atomic mass is 9.73. The molecule has 2 aromatic rings. The molecule has 0 saturated carbocycles. The van der Waals surface area contributed by atoms with Crippen molar-refractivity contribution in [1.29, 1.82) is 0 Å². The molecule has 0 fully saturated rings. The third-order valence-corrected chi connectivity index (χ3v) is 6.24. The van der Waals surface area contributed by atoms with Gasteiger partial charge in [0.2, 0.25) is 0 Å². The Bertz CT molecular complexity index is 1150. The van der Waals surface area contributed by atoms with E-state index in [0.717, 1.165) is 22.1 Å². The van der Waals surface area contributed by atoms with Gasteiger partial charge in [-0.05, 0) is 67.2 Å². The Hall–Kier alpha value is -3.21. The molecule has 0 amide bonds. The maximum Gasteiger partial charge on any atom is 0.313 e. The van der Waals surface area contributed by atoms with Gasteiger partial charge in [0.05, 0.1) is 19.6 Å². The number of carbonyl (C=O) groups is 3. The van der Waals surface area contributed by atoms with Crippen molar-refractivity contribution in [2.45, 2.75) is 47.0 Å². The molecule has 1 atom stereocenters. The molecule has 5 nitrogen and oxygen atoms in total. The van der Waals surface area contributed by atoms with Crippen LogP contribution in [0, 0.1) is 5.41 Å². The van der Waals surface area contributed by atoms with Gasteiger partial charge >= 0.3 is 5.97 Å². The average molecular weight is 435 g/mol. The number of ether oxygens (including phenoxy) is 2. The summed E-state index contributed by atoms with van der Waals surface area (Å²) in [6.45, 7) is 9.14. The number of hydrogen-bond donors (Lipinski definition) is 0. The summed E-state index contributed by atoms with van der Waals surface area (Å²) in [5, 5.41) is 2.06. The highest BCUT2D eigenvalue weighted by Crippen LogP contribution is 2.37. The zero-order chi connectivity index (χ0) is 23.6. The van der Waals surface area contributed by atoms with Crippen molar-refractivity contribution in [3.63, 3.8) is 0 Å². The van der Waals surface area contributed by atoms with E-state index in [1.165, 1.54) is 6.08 Å². The molecular formula is C27H30O5. The molecule has 0 heterocycles. The number of carbonyl (C=O) groups excluding carboxylic acids is 3. The minimum absolute atomic E-state index is 0.104. The fraction of sp³-hybridized carbons (Fsp3) is 0.370. The van der Waals surface area contributed by atoms with Crippen LogP contribution in [0.2, 0.25) is 0 Å². The number of allylic oxidation sites excluding steroid dienone is 4. The van der Waals surface area contributed by atoms with Crippen LogP contribution in [0.15, 0.2) is 59.2 Å². The summed E-state index contributed by atoms with van der Waals surface area (Å²) in [5.41, 5.74) is 1.73. The predicted molar refractivity (Wildman–Crippen MR) is 125 cm³/mol. The highest BCUT2D eigenvalue weighted by atomic mass is 16.5. The minimum Gasteiger partial charge on any atom is -0.497 e. The molecule has 0 unspecified atom stereocenters. The van der Waals surface area contributed by atoms with E-state index in [1.807, 2.05) is 57.2 Å². The van der Waals surface area contributed by atoms with Crippen molar-refractivity contribution >= 4 is 28.3 Å². The topological polar surface area (TPSA) is 69.7 Å². The van der Waals surface area contributed by atoms with Gasteiger partial charge in [0, 0.05) is 16.7 Å². The van der Waals surface area contributed by atoms with E-state index < -0.39 is 11.3 Å². The van der Waals surface area contributed by atoms with Crippen molar-refractivity contribution in [3.8, 4) is 5.75 Å². The minimum atomic E-state index is -0.584. The maximum absolute atomic E-state index is 12.7. The van der Waals surface area contributed by atoms with Crippen LogP contribution in [0.5, 0.6) is 5.75 Å². The molecule has 0 bridgehead atoms. The quantitative estimate of drug-likeness (QED) is 0.435. The maximum atomic E-state index is 12.7. The summed E-state index contributed by atoms with van der Waals surface area (Å²) >= 11 is 0. The second-order valence-electron chi connectivity index (χ2n) is 9.02. The molecule has 168 valence electrons. The van der Waals surface area contributed by atoms with Gasteiger partial charge in [0.15, 0.2) is 11.6 Å². The first-order chi connectivity index (χ1) is 15.0. The largest absolute Gasteiger partial charge is 0.497 e. The van der Waals surface area contributed by atoms with Crippen LogP contribution in [0.25, 0.3) is 10.8 Å². The first-order valence-electron chi connectivity index (χ1n) is 10.8. The van der Waals surface area contributed by atoms with Crippen molar-refractivity contribution in [2.24, 2.45) is 5.41 Å². The summed E-state index contributed by atoms with van der Waals surface area (Å²) in [5.74, 6) is -0.200. The first kappa shape index (κ1) is 23.5. The highest BCUT2D eigenvalue weighted by molar-refractivity contribution is 6.22. The molecule has 32 heavy (non-hydrogen) atoms. The first-order valence-corrected chi connectivity index (χ1v) is 10.8. The van der Waals surface area contributed by atoms with Crippen molar-refractivity contribution in [2.75, 3.05) is 13.7 Å². The molecule has 1 aliphatic carbocycles. The van der Waals surface area contributed by atoms with E-state index >= 15 is 0 Å². The second-order valence-corrected chi connectivity index (χ2v) is 9.02. The number of hydrogen-bond acceptors (Lipinski definition) is 5. The normalized spacial score (nSPS) is 15.6. The van der Waals surface area contributed by atoms with Crippen molar-refractivity contribution in [1.82, 2.24) is 0 Å². The van der Waals surface area contributed by atoms with Crippen LogP contribution in [-0.4, -0.2) is 31.3 Å². The van der Waals surface area contributed by atoms with Gasteiger partial charge in [-0.3, -0.25) is 14.4 Å². The number of esters is 1. The van der Waals surface area contributed by atoms with Crippen LogP contribution in [0.3, 0.4) is 0 Å². The van der Waals surface area contributed by atoms with Crippen LogP contribution < -0.4 is 4.74 Å². The fourth-order valence-electron chi connectivity index (χ4n) is 4.20. The lowest BCUT2D eigenvalue weighted by molar-refractivity contribution is -0.145. The van der Waals surface area contributed by atoms with Crippen LogP contribution in [-0.2, 0) is 19.1 Å². The van der Waals surface area contributed by atoms with Crippen molar-refractivity contribution in [3.05, 3.63) is 64.8 Å². The zero-order valence-electron chi connectivity index (χ0n) is 19.6. The lowest BCUT2D eigenvalue weighted by Gasteiger charge is -2.30. The van der Waals surface area contributed by atoms with Gasteiger partial charge in [-0.15, -0.1) is 0 Å². The summed E-state index contributed by atoms with van der Waals surface area (Å²) in [4.78, 5) is 37.5. The van der Waals surface area contributed by atoms with Gasteiger partial charge in [-0.1, -0.05) is 38.1 Å².